The predicted octanol–water partition coefficient (Wildman–Crippen LogP) is 3.08. The first-order chi connectivity index (χ1) is 8.31. The molecule has 0 saturated carbocycles. The van der Waals surface area contributed by atoms with Gasteiger partial charge in [-0.15, -0.1) is 0 Å². The summed E-state index contributed by atoms with van der Waals surface area (Å²) in [6.07, 6.45) is -0.587. The Bertz CT molecular complexity index is 469. The van der Waals surface area contributed by atoms with Crippen LogP contribution in [0.5, 0.6) is 0 Å². The van der Waals surface area contributed by atoms with E-state index >= 15 is 0 Å². The van der Waals surface area contributed by atoms with Crippen molar-refractivity contribution in [2.45, 2.75) is 39.3 Å². The monoisotopic (exact) mass is 246 g/mol. The fourth-order valence-electron chi connectivity index (χ4n) is 1.47. The van der Waals surface area contributed by atoms with Gasteiger partial charge in [0.05, 0.1) is 6.07 Å². The van der Waals surface area contributed by atoms with Crippen LogP contribution in [0.2, 0.25) is 0 Å². The number of alkyl carbamates (subject to hydrolysis) is 1. The van der Waals surface area contributed by atoms with E-state index in [2.05, 4.69) is 11.4 Å². The zero-order valence-electron chi connectivity index (χ0n) is 11.2. The van der Waals surface area contributed by atoms with Crippen LogP contribution in [-0.4, -0.2) is 11.7 Å². The van der Waals surface area contributed by atoms with E-state index in [4.69, 9.17) is 10.00 Å². The van der Waals surface area contributed by atoms with Gasteiger partial charge in [0, 0.05) is 0 Å². The van der Waals surface area contributed by atoms with Gasteiger partial charge in [0.2, 0.25) is 0 Å². The topological polar surface area (TPSA) is 62.1 Å². The lowest BCUT2D eigenvalue weighted by Gasteiger charge is -2.21. The number of hydrogen-bond donors (Lipinski definition) is 1. The average Bonchev–Trinajstić information content (AvgIpc) is 2.23. The number of nitrogens with one attached hydrogen (secondary N) is 1. The number of carbonyl (C=O) groups excluding carboxylic acids is 1. The summed E-state index contributed by atoms with van der Waals surface area (Å²) >= 11 is 0. The van der Waals surface area contributed by atoms with Gasteiger partial charge in [-0.1, -0.05) is 29.8 Å². The second-order valence-corrected chi connectivity index (χ2v) is 5.12. The molecule has 0 spiro atoms. The fraction of sp³-hybridized carbons (Fsp3) is 0.429. The third-order valence-electron chi connectivity index (χ3n) is 2.17. The molecule has 1 atom stereocenters. The molecule has 0 radical (unpaired) electrons. The van der Waals surface area contributed by atoms with E-state index in [1.165, 1.54) is 0 Å². The van der Waals surface area contributed by atoms with Crippen molar-refractivity contribution in [3.8, 4) is 6.07 Å². The Morgan fingerprint density at radius 2 is 2.11 bits per heavy atom. The second-order valence-electron chi connectivity index (χ2n) is 5.12. The Morgan fingerprint density at radius 3 is 2.61 bits per heavy atom. The van der Waals surface area contributed by atoms with Crippen LogP contribution in [0.4, 0.5) is 4.79 Å². The zero-order chi connectivity index (χ0) is 13.8. The molecule has 0 heterocycles. The summed E-state index contributed by atoms with van der Waals surface area (Å²) in [5.41, 5.74) is 1.22. The first kappa shape index (κ1) is 14.0. The molecule has 0 fully saturated rings. The SMILES string of the molecule is Cc1cccc([C@H](C#N)NC(=O)OC(C)(C)C)c1. The minimum Gasteiger partial charge on any atom is -0.444 e. The van der Waals surface area contributed by atoms with Crippen LogP contribution >= 0.6 is 0 Å². The Labute approximate surface area is 108 Å². The highest BCUT2D eigenvalue weighted by Crippen LogP contribution is 2.15. The molecule has 0 aliphatic rings. The van der Waals surface area contributed by atoms with E-state index in [1.54, 1.807) is 26.8 Å². The number of nitriles is 1. The highest BCUT2D eigenvalue weighted by atomic mass is 16.6. The van der Waals surface area contributed by atoms with E-state index in [1.807, 2.05) is 25.1 Å². The van der Waals surface area contributed by atoms with Gasteiger partial charge in [-0.3, -0.25) is 0 Å². The maximum Gasteiger partial charge on any atom is 0.408 e. The van der Waals surface area contributed by atoms with Gasteiger partial charge in [-0.2, -0.15) is 5.26 Å². The van der Waals surface area contributed by atoms with Gasteiger partial charge < -0.3 is 10.1 Å². The van der Waals surface area contributed by atoms with Gasteiger partial charge in [0.15, 0.2) is 0 Å². The van der Waals surface area contributed by atoms with E-state index in [9.17, 15) is 4.79 Å². The third-order valence-corrected chi connectivity index (χ3v) is 2.17. The molecule has 1 amide bonds. The summed E-state index contributed by atoms with van der Waals surface area (Å²) in [5.74, 6) is 0. The molecule has 4 nitrogen and oxygen atoms in total. The lowest BCUT2D eigenvalue weighted by Crippen LogP contribution is -2.34. The average molecular weight is 246 g/mol. The van der Waals surface area contributed by atoms with Crippen LogP contribution in [0.25, 0.3) is 0 Å². The van der Waals surface area contributed by atoms with Crippen LogP contribution in [0.3, 0.4) is 0 Å². The largest absolute Gasteiger partial charge is 0.444 e. The van der Waals surface area contributed by atoms with Gasteiger partial charge in [-0.05, 0) is 33.3 Å². The van der Waals surface area contributed by atoms with Crippen molar-refractivity contribution in [2.75, 3.05) is 0 Å². The van der Waals surface area contributed by atoms with Crippen molar-refractivity contribution >= 4 is 6.09 Å². The van der Waals surface area contributed by atoms with Crippen molar-refractivity contribution < 1.29 is 9.53 Å². The van der Waals surface area contributed by atoms with Crippen LogP contribution in [0.15, 0.2) is 24.3 Å². The molecule has 0 unspecified atom stereocenters. The number of ether oxygens (including phenoxy) is 1. The van der Waals surface area contributed by atoms with E-state index in [-0.39, 0.29) is 0 Å². The quantitative estimate of drug-likeness (QED) is 0.872. The van der Waals surface area contributed by atoms with Crippen LogP contribution in [0, 0.1) is 18.3 Å². The molecule has 4 heteroatoms. The molecule has 18 heavy (non-hydrogen) atoms. The molecule has 0 aliphatic carbocycles. The minimum atomic E-state index is -0.695. The lowest BCUT2D eigenvalue weighted by atomic mass is 10.1. The Hall–Kier alpha value is -2.02. The van der Waals surface area contributed by atoms with Crippen molar-refractivity contribution in [2.24, 2.45) is 0 Å². The molecule has 0 bridgehead atoms. The first-order valence-electron chi connectivity index (χ1n) is 5.77. The van der Waals surface area contributed by atoms with Crippen molar-refractivity contribution in [3.05, 3.63) is 35.4 Å². The number of amides is 1. The van der Waals surface area contributed by atoms with Crippen molar-refractivity contribution in [1.29, 1.82) is 5.26 Å². The summed E-state index contributed by atoms with van der Waals surface area (Å²) in [5, 5.41) is 11.6. The molecule has 0 saturated heterocycles. The molecular weight excluding hydrogens is 228 g/mol. The van der Waals surface area contributed by atoms with Crippen LogP contribution in [-0.2, 0) is 4.74 Å². The van der Waals surface area contributed by atoms with Crippen LogP contribution in [0.1, 0.15) is 37.9 Å². The van der Waals surface area contributed by atoms with E-state index in [0.717, 1.165) is 11.1 Å². The molecular formula is C14H18N2O2. The normalized spacial score (nSPS) is 12.4. The smallest absolute Gasteiger partial charge is 0.408 e. The molecule has 1 aromatic carbocycles. The summed E-state index contributed by atoms with van der Waals surface area (Å²) in [6.45, 7) is 7.27. The number of nitrogens with zero attached hydrogens (tertiary/aromatic N) is 1. The van der Waals surface area contributed by atoms with Crippen molar-refractivity contribution in [1.82, 2.24) is 5.32 Å². The first-order valence-corrected chi connectivity index (χ1v) is 5.77. The molecule has 0 aromatic heterocycles. The van der Waals surface area contributed by atoms with E-state index < -0.39 is 17.7 Å². The summed E-state index contributed by atoms with van der Waals surface area (Å²) in [7, 11) is 0. The Balaban J connectivity index is 2.75. The summed E-state index contributed by atoms with van der Waals surface area (Å²) in [4.78, 5) is 11.6. The summed E-state index contributed by atoms with van der Waals surface area (Å²) < 4.78 is 5.12. The minimum absolute atomic E-state index is 0.573. The predicted molar refractivity (Wildman–Crippen MR) is 68.9 cm³/mol. The number of hydrogen-bond acceptors (Lipinski definition) is 3. The molecule has 1 aromatic rings. The van der Waals surface area contributed by atoms with Crippen molar-refractivity contribution in [3.63, 3.8) is 0 Å². The van der Waals surface area contributed by atoms with Crippen LogP contribution < -0.4 is 5.32 Å². The Morgan fingerprint density at radius 1 is 1.44 bits per heavy atom. The van der Waals surface area contributed by atoms with Gasteiger partial charge in [-0.25, -0.2) is 4.79 Å². The Kier molecular flexibility index (Phi) is 4.33. The van der Waals surface area contributed by atoms with Gasteiger partial charge in [0.25, 0.3) is 0 Å². The van der Waals surface area contributed by atoms with E-state index in [0.29, 0.717) is 0 Å². The number of aryl methyl sites for hydroxylation is 1. The molecule has 96 valence electrons. The zero-order valence-corrected chi connectivity index (χ0v) is 11.2. The molecule has 1 N–H and O–H groups in total. The maximum absolute atomic E-state index is 11.6. The highest BCUT2D eigenvalue weighted by molar-refractivity contribution is 5.69. The number of rotatable bonds is 2. The standard InChI is InChI=1S/C14H18N2O2/c1-10-6-5-7-11(8-10)12(9-15)16-13(17)18-14(2,3)4/h5-8,12H,1-4H3,(H,16,17)/t12-/m0/s1. The maximum atomic E-state index is 11.6. The highest BCUT2D eigenvalue weighted by Gasteiger charge is 2.20. The summed E-state index contributed by atoms with van der Waals surface area (Å²) in [6, 6.07) is 8.81. The lowest BCUT2D eigenvalue weighted by molar-refractivity contribution is 0.0515. The molecule has 1 rings (SSSR count). The van der Waals surface area contributed by atoms with Gasteiger partial charge in [0.1, 0.15) is 11.6 Å². The number of benzene rings is 1. The third kappa shape index (κ3) is 4.46. The fourth-order valence-corrected chi connectivity index (χ4v) is 1.47. The number of carbonyl (C=O) groups is 1. The second kappa shape index (κ2) is 5.54. The van der Waals surface area contributed by atoms with Gasteiger partial charge >= 0.3 is 6.09 Å². The molecule has 0 aliphatic heterocycles.